The first-order valence-corrected chi connectivity index (χ1v) is 6.80. The Morgan fingerprint density at radius 3 is 2.12 bits per heavy atom. The smallest absolute Gasteiger partial charge is 0.226 e. The van der Waals surface area contributed by atoms with Gasteiger partial charge in [0, 0.05) is 29.9 Å². The van der Waals surface area contributed by atoms with E-state index in [0.717, 1.165) is 36.7 Å². The molecule has 0 saturated heterocycles. The van der Waals surface area contributed by atoms with Crippen molar-refractivity contribution in [2.75, 3.05) is 17.3 Å². The lowest BCUT2D eigenvalue weighted by molar-refractivity contribution is 0.555. The number of halogens is 1. The van der Waals surface area contributed by atoms with Gasteiger partial charge >= 0.3 is 0 Å². The molecule has 4 heteroatoms. The standard InChI is InChI=1S/C13H22ClN3/c1-5-12(6-2)17(8-7-14)13-15-10(3)9-11(4)16-13/h9,12H,5-8H2,1-4H3. The van der Waals surface area contributed by atoms with Gasteiger partial charge in [0.25, 0.3) is 0 Å². The summed E-state index contributed by atoms with van der Waals surface area (Å²) in [4.78, 5) is 11.3. The molecule has 1 rings (SSSR count). The third-order valence-corrected chi connectivity index (χ3v) is 3.11. The molecule has 17 heavy (non-hydrogen) atoms. The van der Waals surface area contributed by atoms with E-state index in [4.69, 9.17) is 11.6 Å². The molecule has 0 aliphatic carbocycles. The quantitative estimate of drug-likeness (QED) is 0.730. The van der Waals surface area contributed by atoms with E-state index in [1.54, 1.807) is 0 Å². The molecular formula is C13H22ClN3. The van der Waals surface area contributed by atoms with E-state index in [1.165, 1.54) is 0 Å². The second kappa shape index (κ2) is 6.80. The van der Waals surface area contributed by atoms with Crippen molar-refractivity contribution in [2.45, 2.75) is 46.6 Å². The van der Waals surface area contributed by atoms with Crippen LogP contribution in [-0.4, -0.2) is 28.4 Å². The van der Waals surface area contributed by atoms with E-state index < -0.39 is 0 Å². The minimum absolute atomic E-state index is 0.468. The van der Waals surface area contributed by atoms with E-state index in [1.807, 2.05) is 19.9 Å². The van der Waals surface area contributed by atoms with Gasteiger partial charge in [-0.05, 0) is 32.8 Å². The Morgan fingerprint density at radius 2 is 1.71 bits per heavy atom. The summed E-state index contributed by atoms with van der Waals surface area (Å²) in [7, 11) is 0. The molecule has 0 unspecified atom stereocenters. The van der Waals surface area contributed by atoms with Crippen LogP contribution in [0.3, 0.4) is 0 Å². The Morgan fingerprint density at radius 1 is 1.18 bits per heavy atom. The largest absolute Gasteiger partial charge is 0.337 e. The van der Waals surface area contributed by atoms with E-state index >= 15 is 0 Å². The first-order valence-electron chi connectivity index (χ1n) is 6.27. The van der Waals surface area contributed by atoms with Gasteiger partial charge in [0.15, 0.2) is 0 Å². The van der Waals surface area contributed by atoms with Crippen LogP contribution in [0.25, 0.3) is 0 Å². The van der Waals surface area contributed by atoms with Crippen LogP contribution >= 0.6 is 11.6 Å². The van der Waals surface area contributed by atoms with Crippen molar-refractivity contribution in [1.82, 2.24) is 9.97 Å². The second-order valence-electron chi connectivity index (χ2n) is 4.30. The monoisotopic (exact) mass is 255 g/mol. The molecule has 0 spiro atoms. The van der Waals surface area contributed by atoms with Gasteiger partial charge in [-0.2, -0.15) is 0 Å². The summed E-state index contributed by atoms with van der Waals surface area (Å²) < 4.78 is 0. The maximum absolute atomic E-state index is 5.89. The van der Waals surface area contributed by atoms with Crippen molar-refractivity contribution < 1.29 is 0 Å². The molecule has 0 saturated carbocycles. The zero-order valence-corrected chi connectivity index (χ0v) is 12.0. The average Bonchev–Trinajstić information content (AvgIpc) is 2.28. The Hall–Kier alpha value is -0.830. The maximum Gasteiger partial charge on any atom is 0.226 e. The minimum Gasteiger partial charge on any atom is -0.337 e. The molecule has 0 aliphatic rings. The lowest BCUT2D eigenvalue weighted by Gasteiger charge is -2.30. The van der Waals surface area contributed by atoms with Gasteiger partial charge in [-0.1, -0.05) is 13.8 Å². The summed E-state index contributed by atoms with van der Waals surface area (Å²) in [6.07, 6.45) is 2.17. The molecule has 0 amide bonds. The van der Waals surface area contributed by atoms with E-state index in [-0.39, 0.29) is 0 Å². The number of anilines is 1. The summed E-state index contributed by atoms with van der Waals surface area (Å²) in [6, 6.07) is 2.46. The van der Waals surface area contributed by atoms with Crippen LogP contribution in [0, 0.1) is 13.8 Å². The molecule has 1 aromatic heterocycles. The maximum atomic E-state index is 5.89. The predicted octanol–water partition coefficient (Wildman–Crippen LogP) is 3.33. The highest BCUT2D eigenvalue weighted by Crippen LogP contribution is 2.17. The van der Waals surface area contributed by atoms with Crippen LogP contribution in [0.15, 0.2) is 6.07 Å². The van der Waals surface area contributed by atoms with Gasteiger partial charge < -0.3 is 4.90 Å². The molecule has 0 radical (unpaired) electrons. The molecule has 0 N–H and O–H groups in total. The molecule has 0 aliphatic heterocycles. The SMILES string of the molecule is CCC(CC)N(CCCl)c1nc(C)cc(C)n1. The second-order valence-corrected chi connectivity index (χ2v) is 4.68. The fraction of sp³-hybridized carbons (Fsp3) is 0.692. The molecule has 0 atom stereocenters. The van der Waals surface area contributed by atoms with Crippen LogP contribution in [0.2, 0.25) is 0 Å². The van der Waals surface area contributed by atoms with Crippen molar-refractivity contribution in [3.8, 4) is 0 Å². The topological polar surface area (TPSA) is 29.0 Å². The predicted molar refractivity (Wildman–Crippen MR) is 73.9 cm³/mol. The summed E-state index contributed by atoms with van der Waals surface area (Å²) in [5.41, 5.74) is 2.02. The van der Waals surface area contributed by atoms with Gasteiger partial charge in [-0.3, -0.25) is 0 Å². The Bertz CT molecular complexity index is 330. The minimum atomic E-state index is 0.468. The van der Waals surface area contributed by atoms with Gasteiger partial charge in [0.05, 0.1) is 0 Å². The number of alkyl halides is 1. The van der Waals surface area contributed by atoms with Crippen molar-refractivity contribution in [1.29, 1.82) is 0 Å². The van der Waals surface area contributed by atoms with Crippen molar-refractivity contribution in [3.63, 3.8) is 0 Å². The average molecular weight is 256 g/mol. The number of aryl methyl sites for hydroxylation is 2. The third-order valence-electron chi connectivity index (χ3n) is 2.94. The lowest BCUT2D eigenvalue weighted by atomic mass is 10.1. The summed E-state index contributed by atoms with van der Waals surface area (Å²) in [6.45, 7) is 9.20. The van der Waals surface area contributed by atoms with E-state index in [9.17, 15) is 0 Å². The fourth-order valence-corrected chi connectivity index (χ4v) is 2.28. The number of hydrogen-bond donors (Lipinski definition) is 0. The zero-order chi connectivity index (χ0) is 12.8. The molecule has 0 bridgehead atoms. The van der Waals surface area contributed by atoms with Crippen LogP contribution in [0.5, 0.6) is 0 Å². The molecule has 1 aromatic rings. The molecule has 96 valence electrons. The third kappa shape index (κ3) is 3.84. The normalized spacial score (nSPS) is 10.9. The van der Waals surface area contributed by atoms with Gasteiger partial charge in [0.2, 0.25) is 5.95 Å². The van der Waals surface area contributed by atoms with Gasteiger partial charge in [-0.25, -0.2) is 9.97 Å². The van der Waals surface area contributed by atoms with E-state index in [2.05, 4.69) is 28.7 Å². The highest BCUT2D eigenvalue weighted by molar-refractivity contribution is 6.18. The summed E-state index contributed by atoms with van der Waals surface area (Å²) in [5, 5.41) is 0. The fourth-order valence-electron chi connectivity index (χ4n) is 2.10. The van der Waals surface area contributed by atoms with E-state index in [0.29, 0.717) is 11.9 Å². The Balaban J connectivity index is 3.03. The first-order chi connectivity index (χ1) is 8.12. The molecule has 0 fully saturated rings. The Labute approximate surface area is 109 Å². The number of rotatable bonds is 6. The lowest BCUT2D eigenvalue weighted by Crippen LogP contribution is -2.37. The molecule has 3 nitrogen and oxygen atoms in total. The Kier molecular flexibility index (Phi) is 5.69. The number of aromatic nitrogens is 2. The van der Waals surface area contributed by atoms with Crippen LogP contribution < -0.4 is 4.90 Å². The first kappa shape index (κ1) is 14.2. The van der Waals surface area contributed by atoms with Crippen LogP contribution in [0.1, 0.15) is 38.1 Å². The van der Waals surface area contributed by atoms with Crippen LogP contribution in [0.4, 0.5) is 5.95 Å². The van der Waals surface area contributed by atoms with Gasteiger partial charge in [-0.15, -0.1) is 11.6 Å². The van der Waals surface area contributed by atoms with Crippen molar-refractivity contribution in [3.05, 3.63) is 17.5 Å². The molecule has 0 aromatic carbocycles. The number of hydrogen-bond acceptors (Lipinski definition) is 3. The molecule has 1 heterocycles. The number of nitrogens with zero attached hydrogens (tertiary/aromatic N) is 3. The van der Waals surface area contributed by atoms with Gasteiger partial charge in [0.1, 0.15) is 0 Å². The van der Waals surface area contributed by atoms with Crippen LogP contribution in [-0.2, 0) is 0 Å². The summed E-state index contributed by atoms with van der Waals surface area (Å²) >= 11 is 5.89. The summed E-state index contributed by atoms with van der Waals surface area (Å²) in [5.74, 6) is 1.42. The molecular weight excluding hydrogens is 234 g/mol. The highest BCUT2D eigenvalue weighted by Gasteiger charge is 2.18. The van der Waals surface area contributed by atoms with Crippen molar-refractivity contribution in [2.24, 2.45) is 0 Å². The zero-order valence-electron chi connectivity index (χ0n) is 11.2. The van der Waals surface area contributed by atoms with Crippen molar-refractivity contribution >= 4 is 17.5 Å². The highest BCUT2D eigenvalue weighted by atomic mass is 35.5.